The van der Waals surface area contributed by atoms with Crippen LogP contribution in [0, 0.1) is 0 Å². The number of hydrogen-bond acceptors (Lipinski definition) is 3. The highest BCUT2D eigenvalue weighted by molar-refractivity contribution is 4.95. The van der Waals surface area contributed by atoms with Crippen LogP contribution in [0.2, 0.25) is 0 Å². The van der Waals surface area contributed by atoms with Crippen LogP contribution in [0.3, 0.4) is 0 Å². The first-order valence-electron chi connectivity index (χ1n) is 5.27. The molecule has 0 aliphatic carbocycles. The molecule has 3 heteroatoms. The third kappa shape index (κ3) is 1.60. The molecule has 2 saturated heterocycles. The first-order valence-corrected chi connectivity index (χ1v) is 5.27. The minimum absolute atomic E-state index is 0.181. The number of aliphatic hydroxyl groups is 1. The van der Waals surface area contributed by atoms with Gasteiger partial charge in [0.2, 0.25) is 0 Å². The van der Waals surface area contributed by atoms with E-state index in [-0.39, 0.29) is 6.10 Å². The fraction of sp³-hybridized carbons (Fsp3) is 1.00. The molecular weight excluding hydrogens is 166 g/mol. The van der Waals surface area contributed by atoms with Crippen LogP contribution in [0.15, 0.2) is 0 Å². The fourth-order valence-electron chi connectivity index (χ4n) is 2.49. The molecule has 2 aliphatic heterocycles. The van der Waals surface area contributed by atoms with Crippen LogP contribution >= 0.6 is 0 Å². The zero-order chi connectivity index (χ0) is 9.42. The average molecular weight is 185 g/mol. The number of fused-ring (bicyclic) bond motifs is 2. The monoisotopic (exact) mass is 185 g/mol. The van der Waals surface area contributed by atoms with Gasteiger partial charge in [-0.2, -0.15) is 0 Å². The number of likely N-dealkylation sites (tertiary alicyclic amines) is 1. The van der Waals surface area contributed by atoms with E-state index >= 15 is 0 Å². The lowest BCUT2D eigenvalue weighted by Gasteiger charge is -2.34. The van der Waals surface area contributed by atoms with Gasteiger partial charge >= 0.3 is 0 Å². The van der Waals surface area contributed by atoms with Crippen LogP contribution < -0.4 is 0 Å². The Hall–Kier alpha value is -0.120. The predicted molar refractivity (Wildman–Crippen MR) is 50.6 cm³/mol. The van der Waals surface area contributed by atoms with Crippen molar-refractivity contribution in [2.45, 2.75) is 51.0 Å². The lowest BCUT2D eigenvalue weighted by molar-refractivity contribution is -0.0196. The van der Waals surface area contributed by atoms with E-state index in [4.69, 9.17) is 4.74 Å². The Balaban J connectivity index is 1.94. The number of ether oxygens (including phenoxy) is 1. The molecule has 2 heterocycles. The second-order valence-corrected chi connectivity index (χ2v) is 4.26. The summed E-state index contributed by atoms with van der Waals surface area (Å²) in [5.74, 6) is 0. The van der Waals surface area contributed by atoms with Crippen molar-refractivity contribution in [3.05, 3.63) is 0 Å². The Labute approximate surface area is 79.7 Å². The maximum Gasteiger partial charge on any atom is 0.0718 e. The summed E-state index contributed by atoms with van der Waals surface area (Å²) < 4.78 is 5.52. The number of nitrogens with zero attached hydrogens (tertiary/aromatic N) is 1. The first kappa shape index (κ1) is 9.44. The molecule has 76 valence electrons. The van der Waals surface area contributed by atoms with Gasteiger partial charge in [0, 0.05) is 18.6 Å². The highest BCUT2D eigenvalue weighted by Crippen LogP contribution is 2.30. The second-order valence-electron chi connectivity index (χ2n) is 4.26. The van der Waals surface area contributed by atoms with Gasteiger partial charge < -0.3 is 9.84 Å². The standard InChI is InChI=1S/C10H19NO2/c1-3-10(12)7(2)11-5-9-4-8(11)6-13-9/h7-10,12H,3-6H2,1-2H3. The third-order valence-electron chi connectivity index (χ3n) is 3.44. The van der Waals surface area contributed by atoms with Crippen LogP contribution in [0.5, 0.6) is 0 Å². The largest absolute Gasteiger partial charge is 0.392 e. The van der Waals surface area contributed by atoms with Crippen molar-refractivity contribution in [2.75, 3.05) is 13.2 Å². The number of morpholine rings is 1. The molecule has 0 aromatic heterocycles. The van der Waals surface area contributed by atoms with Crippen molar-refractivity contribution in [1.29, 1.82) is 0 Å². The molecule has 0 spiro atoms. The molecule has 0 radical (unpaired) electrons. The Kier molecular flexibility index (Phi) is 2.58. The summed E-state index contributed by atoms with van der Waals surface area (Å²) in [6.07, 6.45) is 2.27. The van der Waals surface area contributed by atoms with E-state index in [9.17, 15) is 5.11 Å². The SMILES string of the molecule is CCC(O)C(C)N1CC2CC1CO2. The van der Waals surface area contributed by atoms with Crippen LogP contribution in [0.25, 0.3) is 0 Å². The molecule has 2 aliphatic rings. The summed E-state index contributed by atoms with van der Waals surface area (Å²) in [5.41, 5.74) is 0. The normalized spacial score (nSPS) is 38.1. The molecule has 13 heavy (non-hydrogen) atoms. The van der Waals surface area contributed by atoms with E-state index < -0.39 is 0 Å². The van der Waals surface area contributed by atoms with E-state index in [2.05, 4.69) is 11.8 Å². The van der Waals surface area contributed by atoms with Gasteiger partial charge in [-0.3, -0.25) is 4.90 Å². The molecule has 2 fully saturated rings. The quantitative estimate of drug-likeness (QED) is 0.699. The van der Waals surface area contributed by atoms with Crippen LogP contribution in [0.1, 0.15) is 26.7 Å². The van der Waals surface area contributed by atoms with E-state index in [1.54, 1.807) is 0 Å². The Bertz CT molecular complexity index is 186. The molecule has 0 saturated carbocycles. The van der Waals surface area contributed by atoms with Crippen LogP contribution in [0.4, 0.5) is 0 Å². The van der Waals surface area contributed by atoms with E-state index in [0.717, 1.165) is 19.6 Å². The van der Waals surface area contributed by atoms with Crippen molar-refractivity contribution in [3.63, 3.8) is 0 Å². The lowest BCUT2D eigenvalue weighted by atomic mass is 10.1. The fourth-order valence-corrected chi connectivity index (χ4v) is 2.49. The molecule has 3 nitrogen and oxygen atoms in total. The Morgan fingerprint density at radius 2 is 2.38 bits per heavy atom. The van der Waals surface area contributed by atoms with E-state index in [1.165, 1.54) is 6.42 Å². The van der Waals surface area contributed by atoms with Crippen LogP contribution in [-0.2, 0) is 4.74 Å². The highest BCUT2D eigenvalue weighted by Gasteiger charge is 2.42. The lowest BCUT2D eigenvalue weighted by Crippen LogP contribution is -2.47. The maximum atomic E-state index is 9.73. The smallest absolute Gasteiger partial charge is 0.0718 e. The van der Waals surface area contributed by atoms with Gasteiger partial charge in [-0.15, -0.1) is 0 Å². The third-order valence-corrected chi connectivity index (χ3v) is 3.44. The topological polar surface area (TPSA) is 32.7 Å². The summed E-state index contributed by atoms with van der Waals surface area (Å²) in [6.45, 7) is 6.04. The molecule has 0 aromatic carbocycles. The van der Waals surface area contributed by atoms with Gasteiger partial charge in [0.05, 0.1) is 18.8 Å². The molecule has 2 bridgehead atoms. The molecule has 0 aromatic rings. The summed E-state index contributed by atoms with van der Waals surface area (Å²) in [5, 5.41) is 9.73. The predicted octanol–water partition coefficient (Wildman–Crippen LogP) is 0.619. The average Bonchev–Trinajstić information content (AvgIpc) is 2.76. The molecule has 1 N–H and O–H groups in total. The van der Waals surface area contributed by atoms with Gasteiger partial charge in [0.15, 0.2) is 0 Å². The summed E-state index contributed by atoms with van der Waals surface area (Å²) in [4.78, 5) is 2.41. The minimum atomic E-state index is -0.181. The zero-order valence-corrected chi connectivity index (χ0v) is 8.44. The summed E-state index contributed by atoms with van der Waals surface area (Å²) >= 11 is 0. The van der Waals surface area contributed by atoms with Gasteiger partial charge in [0.1, 0.15) is 0 Å². The molecule has 2 rings (SSSR count). The van der Waals surface area contributed by atoms with Gasteiger partial charge in [-0.25, -0.2) is 0 Å². The number of rotatable bonds is 3. The van der Waals surface area contributed by atoms with Crippen molar-refractivity contribution in [1.82, 2.24) is 4.90 Å². The molecule has 4 unspecified atom stereocenters. The minimum Gasteiger partial charge on any atom is -0.392 e. The van der Waals surface area contributed by atoms with Crippen molar-refractivity contribution >= 4 is 0 Å². The van der Waals surface area contributed by atoms with E-state index in [1.807, 2.05) is 6.92 Å². The highest BCUT2D eigenvalue weighted by atomic mass is 16.5. The second kappa shape index (κ2) is 3.56. The number of aliphatic hydroxyl groups excluding tert-OH is 1. The van der Waals surface area contributed by atoms with Crippen molar-refractivity contribution < 1.29 is 9.84 Å². The maximum absolute atomic E-state index is 9.73. The Morgan fingerprint density at radius 3 is 2.85 bits per heavy atom. The molecular formula is C10H19NO2. The Morgan fingerprint density at radius 1 is 1.62 bits per heavy atom. The van der Waals surface area contributed by atoms with Crippen LogP contribution in [-0.4, -0.2) is 47.4 Å². The van der Waals surface area contributed by atoms with Crippen molar-refractivity contribution in [3.8, 4) is 0 Å². The zero-order valence-electron chi connectivity index (χ0n) is 8.44. The van der Waals surface area contributed by atoms with Gasteiger partial charge in [-0.1, -0.05) is 6.92 Å². The first-order chi connectivity index (χ1) is 6.22. The van der Waals surface area contributed by atoms with E-state index in [0.29, 0.717) is 18.2 Å². The molecule has 4 atom stereocenters. The van der Waals surface area contributed by atoms with Gasteiger partial charge in [-0.05, 0) is 19.8 Å². The van der Waals surface area contributed by atoms with Crippen molar-refractivity contribution in [2.24, 2.45) is 0 Å². The molecule has 0 amide bonds. The number of hydrogen-bond donors (Lipinski definition) is 1. The summed E-state index contributed by atoms with van der Waals surface area (Å²) in [6, 6.07) is 0.866. The van der Waals surface area contributed by atoms with Gasteiger partial charge in [0.25, 0.3) is 0 Å². The summed E-state index contributed by atoms with van der Waals surface area (Å²) in [7, 11) is 0.